The highest BCUT2D eigenvalue weighted by molar-refractivity contribution is 5.94. The number of rotatable bonds is 8. The lowest BCUT2D eigenvalue weighted by molar-refractivity contribution is -0.146. The van der Waals surface area contributed by atoms with Crippen molar-refractivity contribution in [1.82, 2.24) is 15.5 Å². The number of carbonyl (C=O) groups excluding carboxylic acids is 2. The maximum Gasteiger partial charge on any atom is 0.251 e. The zero-order chi connectivity index (χ0) is 22.8. The van der Waals surface area contributed by atoms with E-state index in [-0.39, 0.29) is 23.3 Å². The van der Waals surface area contributed by atoms with Gasteiger partial charge < -0.3 is 15.5 Å². The van der Waals surface area contributed by atoms with Gasteiger partial charge in [0.25, 0.3) is 5.91 Å². The van der Waals surface area contributed by atoms with Crippen LogP contribution in [0.15, 0.2) is 24.3 Å². The first-order valence-corrected chi connectivity index (χ1v) is 13.4. The van der Waals surface area contributed by atoms with E-state index in [0.717, 1.165) is 68.5 Å². The quantitative estimate of drug-likeness (QED) is 0.611. The summed E-state index contributed by atoms with van der Waals surface area (Å²) in [5, 5.41) is 6.47. The second kappa shape index (κ2) is 9.77. The van der Waals surface area contributed by atoms with Gasteiger partial charge in [0.15, 0.2) is 0 Å². The number of amides is 2. The van der Waals surface area contributed by atoms with Crippen molar-refractivity contribution < 1.29 is 9.59 Å². The number of likely N-dealkylation sites (tertiary alicyclic amines) is 1. The van der Waals surface area contributed by atoms with E-state index in [1.54, 1.807) is 0 Å². The van der Waals surface area contributed by atoms with Crippen molar-refractivity contribution in [3.8, 4) is 0 Å². The molecule has 0 atom stereocenters. The molecule has 0 spiro atoms. The zero-order valence-corrected chi connectivity index (χ0v) is 20.3. The third-order valence-electron chi connectivity index (χ3n) is 8.94. The molecule has 6 rings (SSSR count). The summed E-state index contributed by atoms with van der Waals surface area (Å²) in [7, 11) is 0. The van der Waals surface area contributed by atoms with Crippen LogP contribution in [0.5, 0.6) is 0 Å². The Kier molecular flexibility index (Phi) is 6.78. The summed E-state index contributed by atoms with van der Waals surface area (Å²) in [5.74, 6) is 2.63. The van der Waals surface area contributed by atoms with Gasteiger partial charge in [0.2, 0.25) is 5.91 Å². The zero-order valence-electron chi connectivity index (χ0n) is 20.3. The Balaban J connectivity index is 1.09. The molecule has 2 N–H and O–H groups in total. The first-order chi connectivity index (χ1) is 16.0. The normalized spacial score (nSPS) is 31.5. The third-order valence-corrected chi connectivity index (χ3v) is 8.94. The number of piperidine rings is 1. The highest BCUT2D eigenvalue weighted by atomic mass is 16.2. The van der Waals surface area contributed by atoms with E-state index >= 15 is 0 Å². The highest BCUT2D eigenvalue weighted by Crippen LogP contribution is 2.60. The smallest absolute Gasteiger partial charge is 0.251 e. The fourth-order valence-corrected chi connectivity index (χ4v) is 7.48. The van der Waals surface area contributed by atoms with Crippen LogP contribution >= 0.6 is 0 Å². The first-order valence-electron chi connectivity index (χ1n) is 13.4. The molecular formula is C28H41N3O2. The minimum atomic E-state index is -0.0965. The molecule has 0 unspecified atom stereocenters. The molecular weight excluding hydrogens is 410 g/mol. The fraction of sp³-hybridized carbons (Fsp3) is 0.714. The predicted molar refractivity (Wildman–Crippen MR) is 131 cm³/mol. The Morgan fingerprint density at radius 2 is 1.58 bits per heavy atom. The van der Waals surface area contributed by atoms with Gasteiger partial charge >= 0.3 is 0 Å². The Labute approximate surface area is 199 Å². The van der Waals surface area contributed by atoms with E-state index in [2.05, 4.69) is 22.5 Å². The van der Waals surface area contributed by atoms with Gasteiger partial charge in [0, 0.05) is 36.7 Å². The van der Waals surface area contributed by atoms with E-state index in [1.807, 2.05) is 24.3 Å². The van der Waals surface area contributed by atoms with Crippen molar-refractivity contribution >= 4 is 11.8 Å². The number of nitrogens with zero attached hydrogens (tertiary/aromatic N) is 1. The largest absolute Gasteiger partial charge is 0.352 e. The van der Waals surface area contributed by atoms with Gasteiger partial charge in [-0.1, -0.05) is 25.5 Å². The standard InChI is InChI=1S/C28H41N3O2/c1-2-3-10-31-11-8-25(9-12-31)30-26(32)24-6-4-20(5-7-24)19-29-27(33)28-16-21-13-22(17-28)15-23(14-21)18-28/h4-7,21-23,25H,2-3,8-19H2,1H3,(H,29,33)(H,30,32). The molecule has 2 amide bonds. The van der Waals surface area contributed by atoms with Crippen LogP contribution < -0.4 is 10.6 Å². The van der Waals surface area contributed by atoms with Crippen LogP contribution in [-0.2, 0) is 11.3 Å². The average molecular weight is 452 g/mol. The number of unbranched alkanes of at least 4 members (excludes halogenated alkanes) is 1. The molecule has 4 saturated carbocycles. The van der Waals surface area contributed by atoms with E-state index < -0.39 is 0 Å². The number of carbonyl (C=O) groups is 2. The third kappa shape index (κ3) is 5.13. The summed E-state index contributed by atoms with van der Waals surface area (Å²) in [6, 6.07) is 8.05. The number of benzene rings is 1. The minimum absolute atomic E-state index is 0.0196. The summed E-state index contributed by atoms with van der Waals surface area (Å²) < 4.78 is 0. The second-order valence-electron chi connectivity index (χ2n) is 11.5. The molecule has 1 aromatic rings. The SMILES string of the molecule is CCCCN1CCC(NC(=O)c2ccc(CNC(=O)C34CC5CC(CC(C5)C3)C4)cc2)CC1. The summed E-state index contributed by atoms with van der Waals surface area (Å²) >= 11 is 0. The van der Waals surface area contributed by atoms with Gasteiger partial charge in [-0.2, -0.15) is 0 Å². The van der Waals surface area contributed by atoms with Crippen molar-refractivity contribution in [3.05, 3.63) is 35.4 Å². The van der Waals surface area contributed by atoms with Gasteiger partial charge in [-0.3, -0.25) is 9.59 Å². The van der Waals surface area contributed by atoms with E-state index in [9.17, 15) is 9.59 Å². The molecule has 0 radical (unpaired) electrons. The van der Waals surface area contributed by atoms with Crippen LogP contribution in [0.2, 0.25) is 0 Å². The molecule has 5 nitrogen and oxygen atoms in total. The Morgan fingerprint density at radius 1 is 0.970 bits per heavy atom. The fourth-order valence-electron chi connectivity index (χ4n) is 7.48. The van der Waals surface area contributed by atoms with E-state index in [0.29, 0.717) is 12.1 Å². The molecule has 180 valence electrons. The van der Waals surface area contributed by atoms with Crippen molar-refractivity contribution in [2.24, 2.45) is 23.2 Å². The summed E-state index contributed by atoms with van der Waals surface area (Å²) in [5.41, 5.74) is 1.68. The molecule has 4 bridgehead atoms. The number of nitrogens with one attached hydrogen (secondary N) is 2. The van der Waals surface area contributed by atoms with Gasteiger partial charge in [0.05, 0.1) is 0 Å². The lowest BCUT2D eigenvalue weighted by Crippen LogP contribution is -2.53. The molecule has 1 aromatic carbocycles. The maximum absolute atomic E-state index is 13.2. The van der Waals surface area contributed by atoms with Gasteiger partial charge in [0.1, 0.15) is 0 Å². The van der Waals surface area contributed by atoms with Crippen molar-refractivity contribution in [3.63, 3.8) is 0 Å². The summed E-state index contributed by atoms with van der Waals surface area (Å²) in [4.78, 5) is 28.4. The molecule has 0 aromatic heterocycles. The van der Waals surface area contributed by atoms with Crippen LogP contribution in [0, 0.1) is 23.2 Å². The van der Waals surface area contributed by atoms with Crippen LogP contribution in [0.3, 0.4) is 0 Å². The number of hydrogen-bond donors (Lipinski definition) is 2. The summed E-state index contributed by atoms with van der Waals surface area (Å²) in [6.07, 6.45) is 11.9. The van der Waals surface area contributed by atoms with Crippen molar-refractivity contribution in [2.75, 3.05) is 19.6 Å². The van der Waals surface area contributed by atoms with Gasteiger partial charge in [-0.15, -0.1) is 0 Å². The predicted octanol–water partition coefficient (Wildman–Crippen LogP) is 4.51. The van der Waals surface area contributed by atoms with Crippen LogP contribution in [0.4, 0.5) is 0 Å². The summed E-state index contributed by atoms with van der Waals surface area (Å²) in [6.45, 7) is 6.12. The van der Waals surface area contributed by atoms with Crippen molar-refractivity contribution in [2.45, 2.75) is 83.7 Å². The minimum Gasteiger partial charge on any atom is -0.352 e. The average Bonchev–Trinajstić information content (AvgIpc) is 2.81. The Hall–Kier alpha value is -1.88. The van der Waals surface area contributed by atoms with Crippen LogP contribution in [0.25, 0.3) is 0 Å². The molecule has 5 aliphatic rings. The molecule has 1 aliphatic heterocycles. The van der Waals surface area contributed by atoms with Gasteiger partial charge in [-0.25, -0.2) is 0 Å². The van der Waals surface area contributed by atoms with Gasteiger partial charge in [-0.05, 0) is 99.8 Å². The molecule has 4 aliphatic carbocycles. The maximum atomic E-state index is 13.2. The topological polar surface area (TPSA) is 61.4 Å². The molecule has 1 saturated heterocycles. The van der Waals surface area contributed by atoms with E-state index in [4.69, 9.17) is 0 Å². The molecule has 5 fully saturated rings. The Morgan fingerprint density at radius 3 is 2.15 bits per heavy atom. The molecule has 1 heterocycles. The highest BCUT2D eigenvalue weighted by Gasteiger charge is 2.54. The number of hydrogen-bond acceptors (Lipinski definition) is 3. The second-order valence-corrected chi connectivity index (χ2v) is 11.5. The van der Waals surface area contributed by atoms with E-state index in [1.165, 1.54) is 38.6 Å². The van der Waals surface area contributed by atoms with Crippen molar-refractivity contribution in [1.29, 1.82) is 0 Å². The van der Waals surface area contributed by atoms with Crippen LogP contribution in [0.1, 0.15) is 87.1 Å². The first kappa shape index (κ1) is 22.9. The molecule has 5 heteroatoms. The van der Waals surface area contributed by atoms with Crippen LogP contribution in [-0.4, -0.2) is 42.4 Å². The lowest BCUT2D eigenvalue weighted by atomic mass is 9.49. The molecule has 33 heavy (non-hydrogen) atoms. The Bertz CT molecular complexity index is 806. The lowest BCUT2D eigenvalue weighted by Gasteiger charge is -2.55. The monoisotopic (exact) mass is 451 g/mol.